The van der Waals surface area contributed by atoms with Gasteiger partial charge in [-0.05, 0) is 6.42 Å². The summed E-state index contributed by atoms with van der Waals surface area (Å²) in [6, 6.07) is 0.533. The highest BCUT2D eigenvalue weighted by Crippen LogP contribution is 2.20. The number of methoxy groups -OCH3 is 1. The lowest BCUT2D eigenvalue weighted by atomic mass is 10.1. The van der Waals surface area contributed by atoms with Gasteiger partial charge in [0.25, 0.3) is 0 Å². The summed E-state index contributed by atoms with van der Waals surface area (Å²) in [5.41, 5.74) is 0. The van der Waals surface area contributed by atoms with Crippen molar-refractivity contribution in [1.29, 1.82) is 0 Å². The van der Waals surface area contributed by atoms with E-state index in [1.807, 2.05) is 0 Å². The Bertz CT molecular complexity index is 285. The molecule has 0 unspecified atom stereocenters. The maximum absolute atomic E-state index is 11.6. The van der Waals surface area contributed by atoms with Crippen molar-refractivity contribution >= 4 is 5.97 Å². The van der Waals surface area contributed by atoms with Gasteiger partial charge in [0.15, 0.2) is 0 Å². The van der Waals surface area contributed by atoms with Crippen LogP contribution < -0.4 is 0 Å². The molecule has 104 valence electrons. The van der Waals surface area contributed by atoms with Crippen LogP contribution in [0.4, 0.5) is 0 Å². The molecule has 0 aromatic carbocycles. The number of carbonyl (C=O) groups excluding carboxylic acids is 1. The van der Waals surface area contributed by atoms with Crippen LogP contribution in [0.15, 0.2) is 0 Å². The van der Waals surface area contributed by atoms with E-state index in [1.165, 1.54) is 0 Å². The Hall–Kier alpha value is -0.650. The smallest absolute Gasteiger partial charge is 0.323 e. The highest BCUT2D eigenvalue weighted by atomic mass is 16.5. The topological polar surface area (TPSA) is 42.0 Å². The molecule has 0 N–H and O–H groups in total. The molecule has 0 aromatic rings. The number of cyclic esters (lactones) is 1. The summed E-state index contributed by atoms with van der Waals surface area (Å²) in [6.07, 6.45) is 1.97. The zero-order valence-corrected chi connectivity index (χ0v) is 11.4. The third-order valence-corrected chi connectivity index (χ3v) is 4.04. The van der Waals surface area contributed by atoms with E-state index in [0.29, 0.717) is 12.6 Å². The van der Waals surface area contributed by atoms with Gasteiger partial charge < -0.3 is 9.47 Å². The van der Waals surface area contributed by atoms with Crippen molar-refractivity contribution in [2.45, 2.75) is 31.8 Å². The van der Waals surface area contributed by atoms with Crippen LogP contribution in [-0.2, 0) is 14.3 Å². The molecule has 2 aliphatic rings. The summed E-state index contributed by atoms with van der Waals surface area (Å²) in [5.74, 6) is -0.0322. The first-order valence-corrected chi connectivity index (χ1v) is 6.90. The molecule has 0 spiro atoms. The lowest BCUT2D eigenvalue weighted by Crippen LogP contribution is -2.57. The number of rotatable bonds is 5. The second-order valence-corrected chi connectivity index (χ2v) is 5.06. The summed E-state index contributed by atoms with van der Waals surface area (Å²) in [5, 5.41) is 0. The molecule has 0 saturated carbocycles. The van der Waals surface area contributed by atoms with Gasteiger partial charge in [-0.1, -0.05) is 6.92 Å². The Morgan fingerprint density at radius 1 is 1.44 bits per heavy atom. The van der Waals surface area contributed by atoms with Crippen LogP contribution in [0.1, 0.15) is 19.8 Å². The summed E-state index contributed by atoms with van der Waals surface area (Å²) in [4.78, 5) is 16.4. The highest BCUT2D eigenvalue weighted by molar-refractivity contribution is 5.77. The quantitative estimate of drug-likeness (QED) is 0.664. The molecule has 0 bridgehead atoms. The molecule has 2 heterocycles. The Balaban J connectivity index is 1.89. The number of ether oxygens (including phenoxy) is 2. The third kappa shape index (κ3) is 3.02. The maximum atomic E-state index is 11.6. The van der Waals surface area contributed by atoms with Crippen LogP contribution in [0.25, 0.3) is 0 Å². The average molecular weight is 256 g/mol. The molecule has 0 aromatic heterocycles. The van der Waals surface area contributed by atoms with E-state index >= 15 is 0 Å². The van der Waals surface area contributed by atoms with E-state index in [4.69, 9.17) is 9.47 Å². The van der Waals surface area contributed by atoms with Crippen molar-refractivity contribution < 1.29 is 14.3 Å². The second kappa shape index (κ2) is 6.50. The van der Waals surface area contributed by atoms with Gasteiger partial charge in [-0.15, -0.1) is 0 Å². The van der Waals surface area contributed by atoms with E-state index in [0.717, 1.165) is 45.6 Å². The van der Waals surface area contributed by atoms with Crippen LogP contribution in [0.3, 0.4) is 0 Å². The number of nitrogens with zero attached hydrogens (tertiary/aromatic N) is 2. The van der Waals surface area contributed by atoms with Gasteiger partial charge >= 0.3 is 5.97 Å². The normalized spacial score (nSPS) is 30.7. The third-order valence-electron chi connectivity index (χ3n) is 4.04. The van der Waals surface area contributed by atoms with Crippen molar-refractivity contribution in [3.05, 3.63) is 0 Å². The van der Waals surface area contributed by atoms with Gasteiger partial charge in [-0.3, -0.25) is 14.6 Å². The first-order valence-electron chi connectivity index (χ1n) is 6.90. The summed E-state index contributed by atoms with van der Waals surface area (Å²) in [7, 11) is 1.74. The zero-order chi connectivity index (χ0) is 13.0. The fourth-order valence-corrected chi connectivity index (χ4v) is 2.91. The fraction of sp³-hybridized carbons (Fsp3) is 0.923. The number of carbonyl (C=O) groups is 1. The van der Waals surface area contributed by atoms with E-state index in [1.54, 1.807) is 7.11 Å². The molecule has 18 heavy (non-hydrogen) atoms. The molecule has 0 aliphatic carbocycles. The van der Waals surface area contributed by atoms with E-state index in [2.05, 4.69) is 16.7 Å². The van der Waals surface area contributed by atoms with Crippen molar-refractivity contribution in [3.63, 3.8) is 0 Å². The van der Waals surface area contributed by atoms with Gasteiger partial charge in [0.1, 0.15) is 6.04 Å². The Morgan fingerprint density at radius 3 is 2.89 bits per heavy atom. The zero-order valence-electron chi connectivity index (χ0n) is 11.4. The minimum atomic E-state index is -0.0322. The molecular weight excluding hydrogens is 232 g/mol. The Kier molecular flexibility index (Phi) is 4.97. The molecular formula is C13H24N2O3. The van der Waals surface area contributed by atoms with Gasteiger partial charge in [-0.25, -0.2) is 0 Å². The summed E-state index contributed by atoms with van der Waals surface area (Å²) in [6.45, 7) is 7.51. The standard InChI is InChI=1S/C13H24N2O3/c1-3-11-10-15(12-4-8-18-13(12)16)6-5-14(11)7-9-17-2/h11-12H,3-10H2,1-2H3/t11-,12+/m1/s1. The number of esters is 1. The van der Waals surface area contributed by atoms with Crippen LogP contribution in [0.2, 0.25) is 0 Å². The predicted molar refractivity (Wildman–Crippen MR) is 68.5 cm³/mol. The number of piperazine rings is 1. The monoisotopic (exact) mass is 256 g/mol. The van der Waals surface area contributed by atoms with Crippen molar-refractivity contribution in [1.82, 2.24) is 9.80 Å². The molecule has 2 rings (SSSR count). The summed E-state index contributed by atoms with van der Waals surface area (Å²) < 4.78 is 10.2. The van der Waals surface area contributed by atoms with Gasteiger partial charge in [0.2, 0.25) is 0 Å². The number of hydrogen-bond acceptors (Lipinski definition) is 5. The molecule has 5 nitrogen and oxygen atoms in total. The van der Waals surface area contributed by atoms with E-state index < -0.39 is 0 Å². The Morgan fingerprint density at radius 2 is 2.28 bits per heavy atom. The lowest BCUT2D eigenvalue weighted by Gasteiger charge is -2.42. The van der Waals surface area contributed by atoms with Gasteiger partial charge in [0.05, 0.1) is 13.2 Å². The van der Waals surface area contributed by atoms with Crippen LogP contribution >= 0.6 is 0 Å². The van der Waals surface area contributed by atoms with Crippen LogP contribution in [0.5, 0.6) is 0 Å². The van der Waals surface area contributed by atoms with Crippen LogP contribution in [0, 0.1) is 0 Å². The SMILES string of the molecule is CC[C@@H]1CN([C@H]2CCOC2=O)CCN1CCOC. The van der Waals surface area contributed by atoms with E-state index in [9.17, 15) is 4.79 Å². The van der Waals surface area contributed by atoms with Crippen molar-refractivity contribution in [2.75, 3.05) is 46.5 Å². The van der Waals surface area contributed by atoms with E-state index in [-0.39, 0.29) is 12.0 Å². The molecule has 2 fully saturated rings. The molecule has 2 atom stereocenters. The lowest BCUT2D eigenvalue weighted by molar-refractivity contribution is -0.143. The highest BCUT2D eigenvalue weighted by Gasteiger charge is 2.36. The average Bonchev–Trinajstić information content (AvgIpc) is 2.82. The van der Waals surface area contributed by atoms with Crippen molar-refractivity contribution in [2.24, 2.45) is 0 Å². The van der Waals surface area contributed by atoms with Gasteiger partial charge in [-0.2, -0.15) is 0 Å². The first kappa shape index (κ1) is 13.8. The predicted octanol–water partition coefficient (Wildman–Crippen LogP) is 0.345. The molecule has 2 aliphatic heterocycles. The molecule has 5 heteroatoms. The maximum Gasteiger partial charge on any atom is 0.323 e. The minimum absolute atomic E-state index is 0.00336. The molecule has 2 saturated heterocycles. The minimum Gasteiger partial charge on any atom is -0.464 e. The number of hydrogen-bond donors (Lipinski definition) is 0. The molecule has 0 radical (unpaired) electrons. The van der Waals surface area contributed by atoms with Crippen molar-refractivity contribution in [3.8, 4) is 0 Å². The summed E-state index contributed by atoms with van der Waals surface area (Å²) >= 11 is 0. The second-order valence-electron chi connectivity index (χ2n) is 5.06. The fourth-order valence-electron chi connectivity index (χ4n) is 2.91. The Labute approximate surface area is 109 Å². The van der Waals surface area contributed by atoms with Crippen LogP contribution in [-0.4, -0.2) is 74.4 Å². The van der Waals surface area contributed by atoms with Gasteiger partial charge in [0, 0.05) is 45.8 Å². The molecule has 0 amide bonds. The largest absolute Gasteiger partial charge is 0.464 e. The first-order chi connectivity index (χ1) is 8.76.